The number of hydrogen-bond donors (Lipinski definition) is 0. The number of halogens is 2. The van der Waals surface area contributed by atoms with Gasteiger partial charge in [-0.3, -0.25) is 9.69 Å². The van der Waals surface area contributed by atoms with E-state index in [1.807, 2.05) is 65.6 Å². The molecule has 0 saturated carbocycles. The highest BCUT2D eigenvalue weighted by Gasteiger charge is 2.34. The second kappa shape index (κ2) is 8.48. The summed E-state index contributed by atoms with van der Waals surface area (Å²) >= 11 is 13.8. The zero-order chi connectivity index (χ0) is 19.5. The van der Waals surface area contributed by atoms with Crippen LogP contribution in [0.4, 0.5) is 5.69 Å². The van der Waals surface area contributed by atoms with E-state index in [9.17, 15) is 4.79 Å². The zero-order valence-electron chi connectivity index (χ0n) is 14.8. The van der Waals surface area contributed by atoms with Gasteiger partial charge in [-0.15, -0.1) is 11.8 Å². The first-order valence-electron chi connectivity index (χ1n) is 8.77. The summed E-state index contributed by atoms with van der Waals surface area (Å²) in [4.78, 5) is 14.3. The van der Waals surface area contributed by atoms with Crippen LogP contribution in [0, 0.1) is 0 Å². The van der Waals surface area contributed by atoms with Crippen LogP contribution in [-0.4, -0.2) is 11.7 Å². The molecule has 3 nitrogen and oxygen atoms in total. The minimum atomic E-state index is -0.0995. The molecule has 1 amide bonds. The lowest BCUT2D eigenvalue weighted by atomic mass is 10.1. The first-order chi connectivity index (χ1) is 13.6. The summed E-state index contributed by atoms with van der Waals surface area (Å²) in [5.41, 5.74) is 2.79. The highest BCUT2D eigenvalue weighted by atomic mass is 35.5. The number of nitrogens with zero attached hydrogens (tertiary/aromatic N) is 1. The fourth-order valence-corrected chi connectivity index (χ4v) is 4.57. The third kappa shape index (κ3) is 4.14. The quantitative estimate of drug-likeness (QED) is 0.472. The monoisotopic (exact) mass is 429 g/mol. The van der Waals surface area contributed by atoms with Crippen molar-refractivity contribution in [2.24, 2.45) is 0 Å². The Labute approximate surface area is 178 Å². The number of rotatable bonds is 5. The van der Waals surface area contributed by atoms with Gasteiger partial charge in [0.05, 0.1) is 5.75 Å². The van der Waals surface area contributed by atoms with Crippen molar-refractivity contribution >= 4 is 46.6 Å². The Morgan fingerprint density at radius 2 is 1.79 bits per heavy atom. The van der Waals surface area contributed by atoms with Crippen molar-refractivity contribution in [3.8, 4) is 5.75 Å². The SMILES string of the molecule is O=C1CS[C@H](c2cccc(OCc3ccccc3Cl)c2)N1c1ccc(Cl)cc1. The van der Waals surface area contributed by atoms with E-state index < -0.39 is 0 Å². The maximum absolute atomic E-state index is 12.5. The van der Waals surface area contributed by atoms with Gasteiger partial charge in [-0.1, -0.05) is 53.5 Å². The maximum atomic E-state index is 12.5. The van der Waals surface area contributed by atoms with E-state index in [4.69, 9.17) is 27.9 Å². The van der Waals surface area contributed by atoms with Crippen LogP contribution in [0.1, 0.15) is 16.5 Å². The van der Waals surface area contributed by atoms with Gasteiger partial charge in [0, 0.05) is 21.3 Å². The molecule has 0 N–H and O–H groups in total. The number of anilines is 1. The highest BCUT2D eigenvalue weighted by Crippen LogP contribution is 2.42. The van der Waals surface area contributed by atoms with Crippen LogP contribution in [-0.2, 0) is 11.4 Å². The van der Waals surface area contributed by atoms with Crippen LogP contribution in [0.25, 0.3) is 0 Å². The second-order valence-corrected chi connectivity index (χ2v) is 8.27. The summed E-state index contributed by atoms with van der Waals surface area (Å²) in [5.74, 6) is 1.27. The lowest BCUT2D eigenvalue weighted by molar-refractivity contribution is -0.115. The van der Waals surface area contributed by atoms with Crippen LogP contribution in [0.3, 0.4) is 0 Å². The Morgan fingerprint density at radius 1 is 1.00 bits per heavy atom. The maximum Gasteiger partial charge on any atom is 0.238 e. The third-order valence-electron chi connectivity index (χ3n) is 4.47. The molecule has 1 heterocycles. The van der Waals surface area contributed by atoms with Crippen molar-refractivity contribution in [1.82, 2.24) is 0 Å². The van der Waals surface area contributed by atoms with Gasteiger partial charge in [0.2, 0.25) is 5.91 Å². The Balaban J connectivity index is 1.55. The van der Waals surface area contributed by atoms with Crippen LogP contribution in [0.15, 0.2) is 72.8 Å². The lowest BCUT2D eigenvalue weighted by Gasteiger charge is -2.24. The average molecular weight is 430 g/mol. The lowest BCUT2D eigenvalue weighted by Crippen LogP contribution is -2.27. The first kappa shape index (κ1) is 19.2. The molecule has 3 aromatic rings. The summed E-state index contributed by atoms with van der Waals surface area (Å²) in [6.45, 7) is 0.390. The zero-order valence-corrected chi connectivity index (χ0v) is 17.2. The Morgan fingerprint density at radius 3 is 2.57 bits per heavy atom. The van der Waals surface area contributed by atoms with Crippen LogP contribution in [0.5, 0.6) is 5.75 Å². The molecular formula is C22H17Cl2NO2S. The van der Waals surface area contributed by atoms with Crippen molar-refractivity contribution in [3.63, 3.8) is 0 Å². The van der Waals surface area contributed by atoms with Crippen LogP contribution >= 0.6 is 35.0 Å². The molecule has 0 spiro atoms. The standard InChI is InChI=1S/C22H17Cl2NO2S/c23-17-8-10-18(11-9-17)25-21(26)14-28-22(25)15-5-3-6-19(12-15)27-13-16-4-1-2-7-20(16)24/h1-12,22H,13-14H2/t22-/m1/s1. The van der Waals surface area contributed by atoms with E-state index in [-0.39, 0.29) is 11.3 Å². The summed E-state index contributed by atoms with van der Waals surface area (Å²) in [6.07, 6.45) is 0. The van der Waals surface area contributed by atoms with Crippen molar-refractivity contribution in [1.29, 1.82) is 0 Å². The molecule has 28 heavy (non-hydrogen) atoms. The first-order valence-corrected chi connectivity index (χ1v) is 10.6. The molecule has 1 aliphatic heterocycles. The van der Waals surface area contributed by atoms with Crippen molar-refractivity contribution in [2.45, 2.75) is 12.0 Å². The van der Waals surface area contributed by atoms with Gasteiger partial charge < -0.3 is 4.74 Å². The van der Waals surface area contributed by atoms with Gasteiger partial charge in [-0.25, -0.2) is 0 Å². The molecule has 0 bridgehead atoms. The van der Waals surface area contributed by atoms with E-state index in [1.54, 1.807) is 23.9 Å². The number of carbonyl (C=O) groups excluding carboxylic acids is 1. The summed E-state index contributed by atoms with van der Waals surface area (Å²) in [7, 11) is 0. The molecule has 1 atom stereocenters. The molecule has 4 rings (SSSR count). The third-order valence-corrected chi connectivity index (χ3v) is 6.30. The molecule has 1 aliphatic rings. The average Bonchev–Trinajstić information content (AvgIpc) is 3.10. The number of hydrogen-bond acceptors (Lipinski definition) is 3. The number of benzene rings is 3. The van der Waals surface area contributed by atoms with E-state index in [1.165, 1.54) is 0 Å². The molecule has 0 aromatic heterocycles. The Kier molecular flexibility index (Phi) is 5.81. The van der Waals surface area contributed by atoms with Crippen LogP contribution < -0.4 is 9.64 Å². The van der Waals surface area contributed by atoms with Gasteiger partial charge in [0.1, 0.15) is 17.7 Å². The molecule has 1 saturated heterocycles. The Hall–Kier alpha value is -2.14. The summed E-state index contributed by atoms with van der Waals surface area (Å²) in [5, 5.41) is 1.23. The highest BCUT2D eigenvalue weighted by molar-refractivity contribution is 8.00. The minimum Gasteiger partial charge on any atom is -0.489 e. The van der Waals surface area contributed by atoms with Gasteiger partial charge in [-0.05, 0) is 48.0 Å². The van der Waals surface area contributed by atoms with E-state index in [0.717, 1.165) is 22.6 Å². The smallest absolute Gasteiger partial charge is 0.238 e. The second-order valence-electron chi connectivity index (χ2n) is 6.36. The minimum absolute atomic E-state index is 0.0831. The fraction of sp³-hybridized carbons (Fsp3) is 0.136. The van der Waals surface area contributed by atoms with Gasteiger partial charge in [-0.2, -0.15) is 0 Å². The molecule has 0 unspecified atom stereocenters. The number of amides is 1. The summed E-state index contributed by atoms with van der Waals surface area (Å²) in [6, 6.07) is 22.8. The number of ether oxygens (including phenoxy) is 1. The van der Waals surface area contributed by atoms with Crippen molar-refractivity contribution in [2.75, 3.05) is 10.7 Å². The topological polar surface area (TPSA) is 29.5 Å². The summed E-state index contributed by atoms with van der Waals surface area (Å²) < 4.78 is 5.94. The van der Waals surface area contributed by atoms with Gasteiger partial charge in [0.15, 0.2) is 0 Å². The van der Waals surface area contributed by atoms with E-state index in [2.05, 4.69) is 0 Å². The number of carbonyl (C=O) groups is 1. The van der Waals surface area contributed by atoms with E-state index in [0.29, 0.717) is 22.4 Å². The fourth-order valence-electron chi connectivity index (χ4n) is 3.09. The van der Waals surface area contributed by atoms with Crippen molar-refractivity contribution in [3.05, 3.63) is 94.0 Å². The largest absolute Gasteiger partial charge is 0.489 e. The van der Waals surface area contributed by atoms with Gasteiger partial charge >= 0.3 is 0 Å². The molecule has 1 fully saturated rings. The van der Waals surface area contributed by atoms with E-state index >= 15 is 0 Å². The van der Waals surface area contributed by atoms with Gasteiger partial charge in [0.25, 0.3) is 0 Å². The molecule has 6 heteroatoms. The molecular weight excluding hydrogens is 413 g/mol. The molecule has 0 aliphatic carbocycles. The van der Waals surface area contributed by atoms with Crippen LogP contribution in [0.2, 0.25) is 10.0 Å². The van der Waals surface area contributed by atoms with Crippen molar-refractivity contribution < 1.29 is 9.53 Å². The predicted octanol–water partition coefficient (Wildman–Crippen LogP) is 6.35. The molecule has 0 radical (unpaired) electrons. The Bertz CT molecular complexity index is 994. The molecule has 142 valence electrons. The predicted molar refractivity (Wildman–Crippen MR) is 116 cm³/mol. The molecule has 3 aromatic carbocycles. The number of thioether (sulfide) groups is 1. The normalized spacial score (nSPS) is 16.4.